The van der Waals surface area contributed by atoms with E-state index in [0.29, 0.717) is 6.61 Å². The zero-order valence-corrected chi connectivity index (χ0v) is 9.04. The van der Waals surface area contributed by atoms with Crippen LogP contribution >= 0.6 is 0 Å². The molecule has 0 aliphatic heterocycles. The van der Waals surface area contributed by atoms with Crippen LogP contribution in [0.2, 0.25) is 0 Å². The van der Waals surface area contributed by atoms with Crippen LogP contribution in [0.4, 0.5) is 0 Å². The van der Waals surface area contributed by atoms with E-state index in [4.69, 9.17) is 5.11 Å². The lowest BCUT2D eigenvalue weighted by Gasteiger charge is -2.16. The monoisotopic (exact) mass is 197 g/mol. The van der Waals surface area contributed by atoms with Gasteiger partial charge in [-0.05, 0) is 57.5 Å². The normalized spacial score (nSPS) is 21.4. The molecule has 2 nitrogen and oxygen atoms in total. The summed E-state index contributed by atoms with van der Waals surface area (Å²) in [6, 6.07) is 0. The van der Waals surface area contributed by atoms with Crippen LogP contribution < -0.4 is 5.32 Å². The molecule has 14 heavy (non-hydrogen) atoms. The predicted molar refractivity (Wildman–Crippen MR) is 60.3 cm³/mol. The Labute approximate surface area is 87.4 Å². The largest absolute Gasteiger partial charge is 0.396 e. The Morgan fingerprint density at radius 1 is 1.29 bits per heavy atom. The SMILES string of the molecule is OCCCCNCC[C@H]1C=CCCC1. The fraction of sp³-hybridized carbons (Fsp3) is 0.833. The van der Waals surface area contributed by atoms with Crippen molar-refractivity contribution in [1.82, 2.24) is 5.32 Å². The van der Waals surface area contributed by atoms with Gasteiger partial charge in [0.25, 0.3) is 0 Å². The van der Waals surface area contributed by atoms with E-state index in [0.717, 1.165) is 31.8 Å². The summed E-state index contributed by atoms with van der Waals surface area (Å²) in [5, 5.41) is 12.0. The van der Waals surface area contributed by atoms with Crippen molar-refractivity contribution in [2.75, 3.05) is 19.7 Å². The van der Waals surface area contributed by atoms with Crippen LogP contribution in [0.3, 0.4) is 0 Å². The number of unbranched alkanes of at least 4 members (excludes halogenated alkanes) is 1. The number of rotatable bonds is 7. The summed E-state index contributed by atoms with van der Waals surface area (Å²) in [5.74, 6) is 0.814. The molecular weight excluding hydrogens is 174 g/mol. The van der Waals surface area contributed by atoms with Crippen LogP contribution in [0, 0.1) is 5.92 Å². The second kappa shape index (κ2) is 8.01. The highest BCUT2D eigenvalue weighted by Crippen LogP contribution is 2.19. The number of allylic oxidation sites excluding steroid dienone is 2. The lowest BCUT2D eigenvalue weighted by molar-refractivity contribution is 0.283. The number of hydrogen-bond donors (Lipinski definition) is 2. The summed E-state index contributed by atoms with van der Waals surface area (Å²) >= 11 is 0. The summed E-state index contributed by atoms with van der Waals surface area (Å²) in [4.78, 5) is 0. The number of aliphatic hydroxyl groups excluding tert-OH is 1. The van der Waals surface area contributed by atoms with Gasteiger partial charge in [0.15, 0.2) is 0 Å². The van der Waals surface area contributed by atoms with E-state index in [9.17, 15) is 0 Å². The maximum atomic E-state index is 8.59. The van der Waals surface area contributed by atoms with Crippen molar-refractivity contribution in [3.63, 3.8) is 0 Å². The summed E-state index contributed by atoms with van der Waals surface area (Å²) < 4.78 is 0. The van der Waals surface area contributed by atoms with E-state index < -0.39 is 0 Å². The third-order valence-electron chi connectivity index (χ3n) is 2.81. The van der Waals surface area contributed by atoms with Gasteiger partial charge in [0.2, 0.25) is 0 Å². The number of hydrogen-bond acceptors (Lipinski definition) is 2. The smallest absolute Gasteiger partial charge is 0.0431 e. The first-order valence-electron chi connectivity index (χ1n) is 5.91. The molecule has 1 aliphatic carbocycles. The van der Waals surface area contributed by atoms with E-state index in [1.54, 1.807) is 0 Å². The lowest BCUT2D eigenvalue weighted by atomic mass is 9.93. The minimum atomic E-state index is 0.326. The van der Waals surface area contributed by atoms with Crippen LogP contribution in [-0.4, -0.2) is 24.8 Å². The topological polar surface area (TPSA) is 32.3 Å². The molecule has 0 spiro atoms. The van der Waals surface area contributed by atoms with Gasteiger partial charge in [0.1, 0.15) is 0 Å². The van der Waals surface area contributed by atoms with Crippen molar-refractivity contribution in [2.45, 2.75) is 38.5 Å². The summed E-state index contributed by atoms with van der Waals surface area (Å²) in [6.45, 7) is 2.50. The van der Waals surface area contributed by atoms with Crippen LogP contribution in [0.1, 0.15) is 38.5 Å². The van der Waals surface area contributed by atoms with E-state index in [-0.39, 0.29) is 0 Å². The highest BCUT2D eigenvalue weighted by molar-refractivity contribution is 4.92. The molecule has 0 fully saturated rings. The Kier molecular flexibility index (Phi) is 6.71. The fourth-order valence-electron chi connectivity index (χ4n) is 1.90. The average Bonchev–Trinajstić information content (AvgIpc) is 2.25. The average molecular weight is 197 g/mol. The first-order valence-corrected chi connectivity index (χ1v) is 5.91. The van der Waals surface area contributed by atoms with Crippen molar-refractivity contribution in [1.29, 1.82) is 0 Å². The lowest BCUT2D eigenvalue weighted by Crippen LogP contribution is -2.19. The highest BCUT2D eigenvalue weighted by Gasteiger charge is 2.06. The molecule has 0 heterocycles. The Hall–Kier alpha value is -0.340. The molecule has 1 aliphatic rings. The molecule has 2 heteroatoms. The van der Waals surface area contributed by atoms with E-state index >= 15 is 0 Å². The van der Waals surface area contributed by atoms with Gasteiger partial charge in [0, 0.05) is 6.61 Å². The van der Waals surface area contributed by atoms with Crippen LogP contribution in [0.25, 0.3) is 0 Å². The van der Waals surface area contributed by atoms with Crippen molar-refractivity contribution in [2.24, 2.45) is 5.92 Å². The van der Waals surface area contributed by atoms with Gasteiger partial charge in [-0.3, -0.25) is 0 Å². The molecule has 0 saturated carbocycles. The van der Waals surface area contributed by atoms with Crippen LogP contribution in [-0.2, 0) is 0 Å². The maximum Gasteiger partial charge on any atom is 0.0431 e. The third kappa shape index (κ3) is 5.40. The minimum absolute atomic E-state index is 0.326. The molecule has 0 amide bonds. The standard InChI is InChI=1S/C12H23NO/c14-11-5-4-9-13-10-8-12-6-2-1-3-7-12/h2,6,12-14H,1,3-5,7-11H2/t12-/m0/s1. The van der Waals surface area contributed by atoms with E-state index in [1.807, 2.05) is 0 Å². The van der Waals surface area contributed by atoms with Crippen LogP contribution in [0.15, 0.2) is 12.2 Å². The molecule has 82 valence electrons. The molecule has 0 aromatic carbocycles. The Balaban J connectivity index is 1.88. The van der Waals surface area contributed by atoms with Gasteiger partial charge in [-0.25, -0.2) is 0 Å². The van der Waals surface area contributed by atoms with Crippen molar-refractivity contribution < 1.29 is 5.11 Å². The Morgan fingerprint density at radius 2 is 2.21 bits per heavy atom. The first-order chi connectivity index (χ1) is 6.93. The zero-order valence-electron chi connectivity index (χ0n) is 9.04. The van der Waals surface area contributed by atoms with Gasteiger partial charge >= 0.3 is 0 Å². The molecule has 1 atom stereocenters. The molecule has 0 saturated heterocycles. The minimum Gasteiger partial charge on any atom is -0.396 e. The maximum absolute atomic E-state index is 8.59. The fourth-order valence-corrected chi connectivity index (χ4v) is 1.90. The second-order valence-corrected chi connectivity index (χ2v) is 4.09. The van der Waals surface area contributed by atoms with Crippen LogP contribution in [0.5, 0.6) is 0 Å². The molecule has 0 radical (unpaired) electrons. The van der Waals surface area contributed by atoms with Gasteiger partial charge in [-0.1, -0.05) is 12.2 Å². The summed E-state index contributed by atoms with van der Waals surface area (Å²) in [6.07, 6.45) is 12.0. The Morgan fingerprint density at radius 3 is 2.93 bits per heavy atom. The van der Waals surface area contributed by atoms with Gasteiger partial charge < -0.3 is 10.4 Å². The van der Waals surface area contributed by atoms with E-state index in [2.05, 4.69) is 17.5 Å². The van der Waals surface area contributed by atoms with Crippen molar-refractivity contribution >= 4 is 0 Å². The highest BCUT2D eigenvalue weighted by atomic mass is 16.2. The Bertz CT molecular complexity index is 156. The molecule has 0 aromatic rings. The summed E-state index contributed by atoms with van der Waals surface area (Å²) in [5.41, 5.74) is 0. The molecular formula is C12H23NO. The third-order valence-corrected chi connectivity index (χ3v) is 2.81. The number of nitrogens with one attached hydrogen (secondary N) is 1. The van der Waals surface area contributed by atoms with E-state index in [1.165, 1.54) is 25.7 Å². The molecule has 2 N–H and O–H groups in total. The summed E-state index contributed by atoms with van der Waals surface area (Å²) in [7, 11) is 0. The quantitative estimate of drug-likeness (QED) is 0.484. The predicted octanol–water partition coefficient (Wildman–Crippen LogP) is 2.09. The second-order valence-electron chi connectivity index (χ2n) is 4.09. The van der Waals surface area contributed by atoms with Crippen molar-refractivity contribution in [3.05, 3.63) is 12.2 Å². The molecule has 0 unspecified atom stereocenters. The molecule has 0 bridgehead atoms. The number of aliphatic hydroxyl groups is 1. The van der Waals surface area contributed by atoms with Gasteiger partial charge in [0.05, 0.1) is 0 Å². The first kappa shape index (κ1) is 11.7. The molecule has 0 aromatic heterocycles. The zero-order chi connectivity index (χ0) is 10.1. The van der Waals surface area contributed by atoms with Crippen molar-refractivity contribution in [3.8, 4) is 0 Å². The van der Waals surface area contributed by atoms with Gasteiger partial charge in [-0.2, -0.15) is 0 Å². The molecule has 1 rings (SSSR count). The van der Waals surface area contributed by atoms with Gasteiger partial charge in [-0.15, -0.1) is 0 Å².